The minimum atomic E-state index is 0.414. The van der Waals surface area contributed by atoms with Crippen LogP contribution in [0, 0.1) is 0 Å². The van der Waals surface area contributed by atoms with Crippen molar-refractivity contribution < 1.29 is 9.26 Å². The van der Waals surface area contributed by atoms with Crippen molar-refractivity contribution in [2.75, 3.05) is 12.8 Å². The molecule has 0 aliphatic rings. The van der Waals surface area contributed by atoms with E-state index in [1.807, 2.05) is 24.3 Å². The minimum absolute atomic E-state index is 0.414. The zero-order valence-electron chi connectivity index (χ0n) is 11.5. The van der Waals surface area contributed by atoms with E-state index in [1.54, 1.807) is 25.4 Å². The summed E-state index contributed by atoms with van der Waals surface area (Å²) in [7, 11) is 1.64. The molecule has 0 aliphatic carbocycles. The van der Waals surface area contributed by atoms with E-state index in [-0.39, 0.29) is 0 Å². The number of anilines is 1. The molecule has 21 heavy (non-hydrogen) atoms. The number of ether oxygens (including phenoxy) is 1. The zero-order valence-corrected chi connectivity index (χ0v) is 11.5. The van der Waals surface area contributed by atoms with Crippen LogP contribution < -0.4 is 10.5 Å². The Labute approximate surface area is 121 Å². The molecule has 2 N–H and O–H groups in total. The zero-order chi connectivity index (χ0) is 14.7. The summed E-state index contributed by atoms with van der Waals surface area (Å²) in [6, 6.07) is 11.2. The van der Waals surface area contributed by atoms with Crippen molar-refractivity contribution in [2.24, 2.45) is 0 Å². The van der Waals surface area contributed by atoms with Crippen molar-refractivity contribution in [2.45, 2.75) is 6.42 Å². The molecule has 0 bridgehead atoms. The van der Waals surface area contributed by atoms with Gasteiger partial charge >= 0.3 is 0 Å². The predicted molar refractivity (Wildman–Crippen MR) is 77.7 cm³/mol. The number of nitrogens with zero attached hydrogens (tertiary/aromatic N) is 3. The molecule has 3 aromatic rings. The number of hydrogen-bond donors (Lipinski definition) is 1. The summed E-state index contributed by atoms with van der Waals surface area (Å²) in [5.74, 6) is 2.23. The molecule has 2 aromatic heterocycles. The molecule has 3 rings (SSSR count). The van der Waals surface area contributed by atoms with Gasteiger partial charge in [0, 0.05) is 23.7 Å². The second kappa shape index (κ2) is 5.62. The number of hydrogen-bond acceptors (Lipinski definition) is 6. The molecule has 0 atom stereocenters. The maximum Gasteiger partial charge on any atom is 0.258 e. The van der Waals surface area contributed by atoms with Crippen molar-refractivity contribution in [3.8, 4) is 17.2 Å². The third-order valence-corrected chi connectivity index (χ3v) is 3.04. The lowest BCUT2D eigenvalue weighted by atomic mass is 10.1. The van der Waals surface area contributed by atoms with Crippen LogP contribution in [0.2, 0.25) is 0 Å². The number of nitrogens with two attached hydrogens (primary N) is 1. The molecule has 2 heterocycles. The predicted octanol–water partition coefficient (Wildman–Crippen LogP) is 2.31. The Morgan fingerprint density at radius 2 is 2.10 bits per heavy atom. The van der Waals surface area contributed by atoms with Gasteiger partial charge in [-0.3, -0.25) is 0 Å². The van der Waals surface area contributed by atoms with Gasteiger partial charge in [0.25, 0.3) is 5.89 Å². The third-order valence-electron chi connectivity index (χ3n) is 3.04. The molecule has 0 aliphatic heterocycles. The molecule has 0 saturated carbocycles. The Morgan fingerprint density at radius 1 is 1.24 bits per heavy atom. The number of para-hydroxylation sites is 1. The van der Waals surface area contributed by atoms with E-state index in [9.17, 15) is 0 Å². The lowest BCUT2D eigenvalue weighted by Gasteiger charge is -2.05. The van der Waals surface area contributed by atoms with Gasteiger partial charge in [0.1, 0.15) is 11.6 Å². The van der Waals surface area contributed by atoms with Crippen molar-refractivity contribution in [1.29, 1.82) is 0 Å². The van der Waals surface area contributed by atoms with Gasteiger partial charge in [0.2, 0.25) is 0 Å². The van der Waals surface area contributed by atoms with Gasteiger partial charge < -0.3 is 15.0 Å². The molecule has 0 fully saturated rings. The molecule has 0 amide bonds. The first kappa shape index (κ1) is 13.1. The van der Waals surface area contributed by atoms with Crippen molar-refractivity contribution >= 4 is 5.82 Å². The second-order valence-electron chi connectivity index (χ2n) is 4.47. The van der Waals surface area contributed by atoms with E-state index >= 15 is 0 Å². The lowest BCUT2D eigenvalue weighted by molar-refractivity contribution is 0.408. The number of pyridine rings is 1. The fourth-order valence-electron chi connectivity index (χ4n) is 2.04. The van der Waals surface area contributed by atoms with Crippen LogP contribution in [0.1, 0.15) is 11.4 Å². The number of rotatable bonds is 4. The summed E-state index contributed by atoms with van der Waals surface area (Å²) in [5, 5.41) is 3.99. The molecular weight excluding hydrogens is 268 g/mol. The monoisotopic (exact) mass is 282 g/mol. The third kappa shape index (κ3) is 2.84. The van der Waals surface area contributed by atoms with Gasteiger partial charge in [-0.2, -0.15) is 4.98 Å². The molecule has 1 aromatic carbocycles. The molecule has 6 heteroatoms. The smallest absolute Gasteiger partial charge is 0.258 e. The Bertz CT molecular complexity index is 755. The van der Waals surface area contributed by atoms with E-state index in [2.05, 4.69) is 15.1 Å². The number of methoxy groups -OCH3 is 1. The highest BCUT2D eigenvalue weighted by Crippen LogP contribution is 2.22. The van der Waals surface area contributed by atoms with Crippen LogP contribution >= 0.6 is 0 Å². The Kier molecular flexibility index (Phi) is 3.51. The van der Waals surface area contributed by atoms with E-state index in [0.29, 0.717) is 24.0 Å². The van der Waals surface area contributed by atoms with Crippen LogP contribution in [0.25, 0.3) is 11.5 Å². The van der Waals surface area contributed by atoms with Crippen LogP contribution in [0.3, 0.4) is 0 Å². The number of benzene rings is 1. The second-order valence-corrected chi connectivity index (χ2v) is 4.47. The first-order valence-corrected chi connectivity index (χ1v) is 6.42. The highest BCUT2D eigenvalue weighted by Gasteiger charge is 2.11. The standard InChI is InChI=1S/C15H14N4O2/c1-20-12-5-3-2-4-10(12)9-14-18-15(21-19-14)11-6-7-17-13(16)8-11/h2-8H,9H2,1H3,(H2,16,17). The van der Waals surface area contributed by atoms with Crippen molar-refractivity contribution in [3.05, 3.63) is 54.0 Å². The fourth-order valence-corrected chi connectivity index (χ4v) is 2.04. The van der Waals surface area contributed by atoms with E-state index in [4.69, 9.17) is 15.0 Å². The highest BCUT2D eigenvalue weighted by atomic mass is 16.5. The van der Waals surface area contributed by atoms with Gasteiger partial charge in [-0.25, -0.2) is 4.98 Å². The van der Waals surface area contributed by atoms with Crippen LogP contribution in [-0.2, 0) is 6.42 Å². The quantitative estimate of drug-likeness (QED) is 0.790. The van der Waals surface area contributed by atoms with E-state index in [1.165, 1.54) is 0 Å². The first-order valence-electron chi connectivity index (χ1n) is 6.42. The fraction of sp³-hybridized carbons (Fsp3) is 0.133. The molecule has 0 spiro atoms. The summed E-state index contributed by atoms with van der Waals surface area (Å²) in [5.41, 5.74) is 7.40. The summed E-state index contributed by atoms with van der Waals surface area (Å²) in [4.78, 5) is 8.31. The van der Waals surface area contributed by atoms with Gasteiger partial charge in [-0.15, -0.1) is 0 Å². The number of nitrogen functional groups attached to an aromatic ring is 1. The highest BCUT2D eigenvalue weighted by molar-refractivity contribution is 5.56. The van der Waals surface area contributed by atoms with E-state index < -0.39 is 0 Å². The Hall–Kier alpha value is -2.89. The molecular formula is C15H14N4O2. The van der Waals surface area contributed by atoms with Crippen molar-refractivity contribution in [1.82, 2.24) is 15.1 Å². The molecule has 0 saturated heterocycles. The van der Waals surface area contributed by atoms with Gasteiger partial charge in [0.05, 0.1) is 7.11 Å². The van der Waals surface area contributed by atoms with Gasteiger partial charge in [-0.05, 0) is 18.2 Å². The van der Waals surface area contributed by atoms with Crippen LogP contribution in [0.15, 0.2) is 47.1 Å². The van der Waals surface area contributed by atoms with Crippen LogP contribution in [0.5, 0.6) is 5.75 Å². The number of aromatic nitrogens is 3. The van der Waals surface area contributed by atoms with Gasteiger partial charge in [-0.1, -0.05) is 23.4 Å². The Balaban J connectivity index is 1.85. The Morgan fingerprint density at radius 3 is 2.90 bits per heavy atom. The maximum atomic E-state index is 5.65. The normalized spacial score (nSPS) is 10.5. The summed E-state index contributed by atoms with van der Waals surface area (Å²) >= 11 is 0. The first-order chi connectivity index (χ1) is 10.3. The minimum Gasteiger partial charge on any atom is -0.496 e. The topological polar surface area (TPSA) is 87.1 Å². The SMILES string of the molecule is COc1ccccc1Cc1noc(-c2ccnc(N)c2)n1. The average Bonchev–Trinajstić information content (AvgIpc) is 2.96. The maximum absolute atomic E-state index is 5.65. The summed E-state index contributed by atoms with van der Waals surface area (Å²) < 4.78 is 10.6. The molecule has 6 nitrogen and oxygen atoms in total. The van der Waals surface area contributed by atoms with E-state index in [0.717, 1.165) is 16.9 Å². The summed E-state index contributed by atoms with van der Waals surface area (Å²) in [6.07, 6.45) is 2.14. The van der Waals surface area contributed by atoms with Crippen LogP contribution in [0.4, 0.5) is 5.82 Å². The molecule has 106 valence electrons. The largest absolute Gasteiger partial charge is 0.496 e. The average molecular weight is 282 g/mol. The summed E-state index contributed by atoms with van der Waals surface area (Å²) in [6.45, 7) is 0. The van der Waals surface area contributed by atoms with Crippen LogP contribution in [-0.4, -0.2) is 22.2 Å². The molecule has 0 unspecified atom stereocenters. The van der Waals surface area contributed by atoms with Gasteiger partial charge in [0.15, 0.2) is 5.82 Å². The lowest BCUT2D eigenvalue weighted by Crippen LogP contribution is -1.95. The molecule has 0 radical (unpaired) electrons. The van der Waals surface area contributed by atoms with Crippen molar-refractivity contribution in [3.63, 3.8) is 0 Å².